The molecule has 2 fully saturated rings. The summed E-state index contributed by atoms with van der Waals surface area (Å²) in [5.41, 5.74) is 10.1. The number of hydrogen-bond donors (Lipinski definition) is 0. The molecular formula is C57H64Cl2SiZr. The van der Waals surface area contributed by atoms with E-state index in [0.717, 1.165) is 16.5 Å². The Bertz CT molecular complexity index is 2700. The van der Waals surface area contributed by atoms with Gasteiger partial charge >= 0.3 is 346 Å². The molecule has 10 atom stereocenters. The van der Waals surface area contributed by atoms with Gasteiger partial charge in [0, 0.05) is 0 Å². The molecule has 0 saturated heterocycles. The van der Waals surface area contributed by atoms with Gasteiger partial charge in [0.1, 0.15) is 0 Å². The van der Waals surface area contributed by atoms with E-state index in [0.29, 0.717) is 5.92 Å². The second-order valence-corrected chi connectivity index (χ2v) is 36.1. The Morgan fingerprint density at radius 3 is 2.03 bits per heavy atom. The van der Waals surface area contributed by atoms with Crippen molar-refractivity contribution in [3.05, 3.63) is 161 Å². The Hall–Kier alpha value is -2.74. The summed E-state index contributed by atoms with van der Waals surface area (Å²) in [4.78, 5) is 0. The molecule has 4 aromatic carbocycles. The minimum Gasteiger partial charge on any atom is -1.00 e. The topological polar surface area (TPSA) is 0 Å². The van der Waals surface area contributed by atoms with E-state index in [1.807, 2.05) is 0 Å². The fourth-order valence-corrected chi connectivity index (χ4v) is 28.9. The maximum Gasteiger partial charge on any atom is -1.00 e. The predicted octanol–water partition coefficient (Wildman–Crippen LogP) is 9.63. The van der Waals surface area contributed by atoms with Crippen LogP contribution < -0.4 is 24.8 Å². The molecule has 6 aliphatic carbocycles. The van der Waals surface area contributed by atoms with Gasteiger partial charge in [0.05, 0.1) is 0 Å². The SMILES string of the molecule is CCCC1=Cc2c(-c3cc4ccccc4c4ccccc34)cccc2C1C1=CC=CC2(C)C3(C)C=CC=CC3(C)C3(C)C4(C)C(C)=CC=CC4[CH]([Zr+2][SiH](C)C)C3(C)C12C.[Cl-].[Cl-]. The van der Waals surface area contributed by atoms with Crippen LogP contribution in [0.5, 0.6) is 0 Å². The molecule has 6 aliphatic rings. The quantitative estimate of drug-likeness (QED) is 0.134. The van der Waals surface area contributed by atoms with Crippen LogP contribution >= 0.6 is 0 Å². The third-order valence-electron chi connectivity index (χ3n) is 19.3. The first-order valence-corrected chi connectivity index (χ1v) is 31.3. The first-order valence-electron chi connectivity index (χ1n) is 22.7. The van der Waals surface area contributed by atoms with Crippen molar-refractivity contribution >= 4 is 33.5 Å². The average Bonchev–Trinajstić information content (AvgIpc) is 3.66. The maximum atomic E-state index is 2.89. The average molecular weight is 939 g/mol. The summed E-state index contributed by atoms with van der Waals surface area (Å²) in [7, 11) is 0. The van der Waals surface area contributed by atoms with Gasteiger partial charge in [-0.15, -0.1) is 0 Å². The minimum atomic E-state index is -0.833. The Balaban J connectivity index is 0.00000257. The summed E-state index contributed by atoms with van der Waals surface area (Å²) in [5, 5.41) is 5.33. The van der Waals surface area contributed by atoms with Gasteiger partial charge in [0.25, 0.3) is 0 Å². The molecule has 0 N–H and O–H groups in total. The van der Waals surface area contributed by atoms with E-state index in [1.54, 1.807) is 16.7 Å². The third-order valence-corrected chi connectivity index (χ3v) is 30.2. The van der Waals surface area contributed by atoms with Gasteiger partial charge in [-0.25, -0.2) is 0 Å². The largest absolute Gasteiger partial charge is 1.00 e. The van der Waals surface area contributed by atoms with Crippen molar-refractivity contribution in [3.8, 4) is 11.1 Å². The van der Waals surface area contributed by atoms with Gasteiger partial charge in [0.2, 0.25) is 0 Å². The van der Waals surface area contributed by atoms with Crippen molar-refractivity contribution in [2.24, 2.45) is 43.8 Å². The molecule has 0 aromatic heterocycles. The Labute approximate surface area is 391 Å². The normalized spacial score (nSPS) is 37.4. The smallest absolute Gasteiger partial charge is 1.00 e. The van der Waals surface area contributed by atoms with Crippen LogP contribution in [-0.2, 0) is 22.4 Å². The van der Waals surface area contributed by atoms with Crippen LogP contribution in [0.4, 0.5) is 0 Å². The molecule has 10 rings (SSSR count). The summed E-state index contributed by atoms with van der Waals surface area (Å²) < 4.78 is 0.724. The monoisotopic (exact) mass is 936 g/mol. The summed E-state index contributed by atoms with van der Waals surface area (Å²) in [6.07, 6.45) is 30.8. The van der Waals surface area contributed by atoms with Gasteiger partial charge in [-0.2, -0.15) is 0 Å². The third kappa shape index (κ3) is 5.09. The fourth-order valence-electron chi connectivity index (χ4n) is 15.8. The molecule has 314 valence electrons. The van der Waals surface area contributed by atoms with Gasteiger partial charge in [-0.1, -0.05) is 24.3 Å². The van der Waals surface area contributed by atoms with E-state index >= 15 is 0 Å². The van der Waals surface area contributed by atoms with E-state index in [9.17, 15) is 0 Å². The summed E-state index contributed by atoms with van der Waals surface area (Å²) in [6.45, 7) is 29.7. The zero-order valence-electron chi connectivity index (χ0n) is 38.3. The van der Waals surface area contributed by atoms with Gasteiger partial charge in [-0.3, -0.25) is 0 Å². The van der Waals surface area contributed by atoms with Crippen molar-refractivity contribution in [1.29, 1.82) is 0 Å². The van der Waals surface area contributed by atoms with Crippen LogP contribution in [0, 0.1) is 43.8 Å². The van der Waals surface area contributed by atoms with Gasteiger partial charge in [0.15, 0.2) is 0 Å². The van der Waals surface area contributed by atoms with Crippen molar-refractivity contribution in [3.63, 3.8) is 0 Å². The van der Waals surface area contributed by atoms with Crippen molar-refractivity contribution in [2.75, 3.05) is 0 Å². The molecule has 61 heavy (non-hydrogen) atoms. The molecule has 2 saturated carbocycles. The number of rotatable bonds is 6. The van der Waals surface area contributed by atoms with E-state index in [-0.39, 0.29) is 68.6 Å². The molecule has 10 unspecified atom stereocenters. The molecule has 4 heteroatoms. The Morgan fingerprint density at radius 2 is 1.33 bits per heavy atom. The number of fused-ring (bicyclic) bond motifs is 12. The van der Waals surface area contributed by atoms with Crippen molar-refractivity contribution in [2.45, 2.75) is 97.8 Å². The number of halogens is 2. The Kier molecular flexibility index (Phi) is 11.0. The molecule has 0 radical (unpaired) electrons. The fraction of sp³-hybridized carbons (Fsp3) is 0.404. The zero-order chi connectivity index (χ0) is 41.5. The number of hydrogen-bond acceptors (Lipinski definition) is 0. The molecule has 0 amide bonds. The van der Waals surface area contributed by atoms with E-state index in [1.165, 1.54) is 43.8 Å². The van der Waals surface area contributed by atoms with Crippen LogP contribution in [0.2, 0.25) is 16.7 Å². The maximum absolute atomic E-state index is 2.89. The van der Waals surface area contributed by atoms with Crippen molar-refractivity contribution < 1.29 is 47.2 Å². The molecule has 0 heterocycles. The standard InChI is InChI=1S/C55H57.C2H7Si.2ClH.Zr/c1-10-20-38-34-46-43(45-33-37-22-11-12-24-40(37)41-25-13-14-26-42(41)45)27-18-28-44(46)48(38)47-29-19-32-50(4)49(3)30-15-16-31-51(49,5)55(9)52(6,54(47,50)8)35-39-23-17-21-36(2)53(39,55)7;1-3-2;;;/h11-19,21-35,39,48H,10,20H2,1-9H3;3H,1-2H3;2*1H;/q;;;;+2/p-2. The summed E-state index contributed by atoms with van der Waals surface area (Å²) >= 11 is -0.801. The molecule has 0 nitrogen and oxygen atoms in total. The summed E-state index contributed by atoms with van der Waals surface area (Å²) in [6, 6.07) is 27.9. The van der Waals surface area contributed by atoms with E-state index in [4.69, 9.17) is 0 Å². The van der Waals surface area contributed by atoms with Crippen LogP contribution in [-0.4, -0.2) is 5.92 Å². The predicted molar refractivity (Wildman–Crippen MR) is 254 cm³/mol. The van der Waals surface area contributed by atoms with Crippen LogP contribution in [0.1, 0.15) is 92.2 Å². The van der Waals surface area contributed by atoms with E-state index < -0.39 is 28.3 Å². The summed E-state index contributed by atoms with van der Waals surface area (Å²) in [5.74, 6) is -0.0295. The molecular weight excluding hydrogens is 875 g/mol. The molecule has 0 bridgehead atoms. The van der Waals surface area contributed by atoms with Crippen LogP contribution in [0.3, 0.4) is 0 Å². The second-order valence-electron chi connectivity index (χ2n) is 20.9. The minimum absolute atomic E-state index is 0. The number of allylic oxidation sites excluding steroid dienone is 13. The zero-order valence-corrected chi connectivity index (χ0v) is 43.4. The first kappa shape index (κ1) is 44.9. The molecule has 4 aromatic rings. The molecule has 0 aliphatic heterocycles. The van der Waals surface area contributed by atoms with Crippen LogP contribution in [0.15, 0.2) is 150 Å². The Morgan fingerprint density at radius 1 is 0.672 bits per heavy atom. The first-order chi connectivity index (χ1) is 28.1. The second kappa shape index (κ2) is 14.9. The number of benzene rings is 4. The van der Waals surface area contributed by atoms with Crippen molar-refractivity contribution in [1.82, 2.24) is 0 Å². The van der Waals surface area contributed by atoms with Gasteiger partial charge < -0.3 is 24.8 Å². The van der Waals surface area contributed by atoms with Gasteiger partial charge in [-0.05, 0) is 0 Å². The van der Waals surface area contributed by atoms with E-state index in [2.05, 4.69) is 215 Å². The molecule has 0 spiro atoms. The van der Waals surface area contributed by atoms with Crippen LogP contribution in [0.25, 0.3) is 38.7 Å².